The minimum Gasteiger partial charge on any atom is -0.328 e. The van der Waals surface area contributed by atoms with Crippen LogP contribution in [0.15, 0.2) is 0 Å². The van der Waals surface area contributed by atoms with E-state index in [4.69, 9.17) is 0 Å². The van der Waals surface area contributed by atoms with Crippen molar-refractivity contribution in [1.82, 2.24) is 10.2 Å². The maximum absolute atomic E-state index is 11.6. The van der Waals surface area contributed by atoms with Crippen LogP contribution < -0.4 is 5.32 Å². The molecule has 0 spiro atoms. The third-order valence-electron chi connectivity index (χ3n) is 1.79. The molecule has 0 radical (unpaired) electrons. The topological polar surface area (TPSA) is 32.3 Å². The molecule has 0 atom stereocenters. The van der Waals surface area contributed by atoms with Crippen LogP contribution in [0.1, 0.15) is 20.8 Å². The second-order valence-corrected chi connectivity index (χ2v) is 3.98. The van der Waals surface area contributed by atoms with Crippen LogP contribution in [0.25, 0.3) is 0 Å². The first kappa shape index (κ1) is 8.53. The van der Waals surface area contributed by atoms with Crippen molar-refractivity contribution in [3.63, 3.8) is 0 Å². The summed E-state index contributed by atoms with van der Waals surface area (Å²) in [5.74, 6) is 0.238. The molecule has 0 aliphatic carbocycles. The van der Waals surface area contributed by atoms with E-state index in [0.717, 1.165) is 19.8 Å². The van der Waals surface area contributed by atoms with Crippen molar-refractivity contribution in [3.8, 4) is 0 Å². The predicted molar refractivity (Wildman–Crippen MR) is 44.0 cm³/mol. The molecule has 3 heteroatoms. The van der Waals surface area contributed by atoms with Gasteiger partial charge in [-0.2, -0.15) is 0 Å². The van der Waals surface area contributed by atoms with Gasteiger partial charge in [-0.25, -0.2) is 0 Å². The normalized spacial score (nSPS) is 19.0. The molecule has 1 N–H and O–H groups in total. The Hall–Kier alpha value is -0.570. The Labute approximate surface area is 67.8 Å². The van der Waals surface area contributed by atoms with Gasteiger partial charge in [0.1, 0.15) is 0 Å². The summed E-state index contributed by atoms with van der Waals surface area (Å²) in [6.45, 7) is 8.36. The fourth-order valence-electron chi connectivity index (χ4n) is 1.15. The van der Waals surface area contributed by atoms with Gasteiger partial charge in [0.2, 0.25) is 5.91 Å². The quantitative estimate of drug-likeness (QED) is 0.551. The number of nitrogens with one attached hydrogen (secondary N) is 1. The summed E-state index contributed by atoms with van der Waals surface area (Å²) in [5, 5.41) is 3.13. The molecule has 0 bridgehead atoms. The van der Waals surface area contributed by atoms with Gasteiger partial charge < -0.3 is 4.90 Å². The van der Waals surface area contributed by atoms with Gasteiger partial charge in [-0.05, 0) is 0 Å². The van der Waals surface area contributed by atoms with Crippen LogP contribution in [0.5, 0.6) is 0 Å². The van der Waals surface area contributed by atoms with Crippen molar-refractivity contribution in [3.05, 3.63) is 0 Å². The molecule has 64 valence electrons. The lowest BCUT2D eigenvalue weighted by atomic mass is 9.95. The monoisotopic (exact) mass is 156 g/mol. The van der Waals surface area contributed by atoms with Crippen LogP contribution in [-0.4, -0.2) is 30.6 Å². The van der Waals surface area contributed by atoms with Gasteiger partial charge in [0.05, 0.1) is 6.67 Å². The summed E-state index contributed by atoms with van der Waals surface area (Å²) < 4.78 is 0. The Morgan fingerprint density at radius 2 is 2.09 bits per heavy atom. The van der Waals surface area contributed by atoms with Crippen LogP contribution in [-0.2, 0) is 4.79 Å². The minimum atomic E-state index is -0.230. The van der Waals surface area contributed by atoms with Crippen molar-refractivity contribution in [2.75, 3.05) is 19.8 Å². The lowest BCUT2D eigenvalue weighted by molar-refractivity contribution is -0.138. The maximum Gasteiger partial charge on any atom is 0.229 e. The number of carbonyl (C=O) groups excluding carboxylic acids is 1. The Morgan fingerprint density at radius 3 is 2.45 bits per heavy atom. The summed E-state index contributed by atoms with van der Waals surface area (Å²) in [6, 6.07) is 0. The van der Waals surface area contributed by atoms with Gasteiger partial charge in [-0.15, -0.1) is 0 Å². The van der Waals surface area contributed by atoms with E-state index in [1.807, 2.05) is 25.7 Å². The van der Waals surface area contributed by atoms with Gasteiger partial charge in [-0.1, -0.05) is 20.8 Å². The highest BCUT2D eigenvalue weighted by Gasteiger charge is 2.28. The number of amides is 1. The molecule has 1 saturated heterocycles. The molecule has 0 unspecified atom stereocenters. The van der Waals surface area contributed by atoms with Crippen LogP contribution >= 0.6 is 0 Å². The van der Waals surface area contributed by atoms with Crippen LogP contribution in [0.3, 0.4) is 0 Å². The van der Waals surface area contributed by atoms with Gasteiger partial charge in [0, 0.05) is 18.5 Å². The Morgan fingerprint density at radius 1 is 1.45 bits per heavy atom. The van der Waals surface area contributed by atoms with Crippen molar-refractivity contribution >= 4 is 5.91 Å². The van der Waals surface area contributed by atoms with Crippen molar-refractivity contribution in [2.24, 2.45) is 5.41 Å². The average molecular weight is 156 g/mol. The third kappa shape index (κ3) is 1.93. The van der Waals surface area contributed by atoms with Crippen LogP contribution in [0.2, 0.25) is 0 Å². The van der Waals surface area contributed by atoms with E-state index in [2.05, 4.69) is 5.32 Å². The molecular formula is C8H16N2O. The van der Waals surface area contributed by atoms with E-state index in [-0.39, 0.29) is 11.3 Å². The van der Waals surface area contributed by atoms with E-state index in [9.17, 15) is 4.79 Å². The summed E-state index contributed by atoms with van der Waals surface area (Å²) in [5.41, 5.74) is -0.230. The van der Waals surface area contributed by atoms with Crippen molar-refractivity contribution in [2.45, 2.75) is 20.8 Å². The number of rotatable bonds is 0. The lowest BCUT2D eigenvalue weighted by Gasteiger charge is -2.24. The molecule has 0 aromatic heterocycles. The van der Waals surface area contributed by atoms with Crippen LogP contribution in [0, 0.1) is 5.41 Å². The van der Waals surface area contributed by atoms with Crippen molar-refractivity contribution < 1.29 is 4.79 Å². The zero-order valence-corrected chi connectivity index (χ0v) is 7.48. The molecule has 0 aromatic rings. The Bertz CT molecular complexity index is 154. The van der Waals surface area contributed by atoms with E-state index >= 15 is 0 Å². The molecule has 0 saturated carbocycles. The van der Waals surface area contributed by atoms with Gasteiger partial charge in [-0.3, -0.25) is 10.1 Å². The highest BCUT2D eigenvalue weighted by Crippen LogP contribution is 2.17. The van der Waals surface area contributed by atoms with Gasteiger partial charge in [0.15, 0.2) is 0 Å². The minimum absolute atomic E-state index is 0.230. The fraction of sp³-hybridized carbons (Fsp3) is 0.875. The third-order valence-corrected chi connectivity index (χ3v) is 1.79. The zero-order chi connectivity index (χ0) is 8.48. The molecule has 3 nitrogen and oxygen atoms in total. The lowest BCUT2D eigenvalue weighted by Crippen LogP contribution is -2.38. The second kappa shape index (κ2) is 2.81. The standard InChI is InChI=1S/C8H16N2O/c1-8(2,3)7(11)10-5-4-9-6-10/h9H,4-6H2,1-3H3. The smallest absolute Gasteiger partial charge is 0.229 e. The highest BCUT2D eigenvalue weighted by molar-refractivity contribution is 5.81. The molecular weight excluding hydrogens is 140 g/mol. The molecule has 1 aliphatic heterocycles. The Kier molecular flexibility index (Phi) is 2.18. The van der Waals surface area contributed by atoms with Gasteiger partial charge >= 0.3 is 0 Å². The number of nitrogens with zero attached hydrogens (tertiary/aromatic N) is 1. The highest BCUT2D eigenvalue weighted by atomic mass is 16.2. The van der Waals surface area contributed by atoms with Gasteiger partial charge in [0.25, 0.3) is 0 Å². The first-order valence-corrected chi connectivity index (χ1v) is 4.02. The summed E-state index contributed by atoms with van der Waals surface area (Å²) in [7, 11) is 0. The van der Waals surface area contributed by atoms with E-state index in [1.54, 1.807) is 0 Å². The summed E-state index contributed by atoms with van der Waals surface area (Å²) in [6.07, 6.45) is 0. The van der Waals surface area contributed by atoms with E-state index in [0.29, 0.717) is 0 Å². The molecule has 11 heavy (non-hydrogen) atoms. The Balaban J connectivity index is 2.53. The molecule has 0 aromatic carbocycles. The largest absolute Gasteiger partial charge is 0.328 e. The predicted octanol–water partition coefficient (Wildman–Crippen LogP) is 0.422. The first-order valence-electron chi connectivity index (χ1n) is 4.02. The maximum atomic E-state index is 11.6. The first-order chi connectivity index (χ1) is 5.02. The summed E-state index contributed by atoms with van der Waals surface area (Å²) >= 11 is 0. The van der Waals surface area contributed by atoms with E-state index < -0.39 is 0 Å². The summed E-state index contributed by atoms with van der Waals surface area (Å²) in [4.78, 5) is 13.4. The molecule has 1 fully saturated rings. The van der Waals surface area contributed by atoms with Crippen molar-refractivity contribution in [1.29, 1.82) is 0 Å². The zero-order valence-electron chi connectivity index (χ0n) is 7.48. The molecule has 1 amide bonds. The number of carbonyl (C=O) groups is 1. The fourth-order valence-corrected chi connectivity index (χ4v) is 1.15. The molecule has 1 rings (SSSR count). The second-order valence-electron chi connectivity index (χ2n) is 3.98. The SMILES string of the molecule is CC(C)(C)C(=O)N1CCNC1. The number of hydrogen-bond donors (Lipinski definition) is 1. The molecule has 1 heterocycles. The van der Waals surface area contributed by atoms with Crippen LogP contribution in [0.4, 0.5) is 0 Å². The van der Waals surface area contributed by atoms with E-state index in [1.165, 1.54) is 0 Å². The molecule has 1 aliphatic rings. The average Bonchev–Trinajstić information content (AvgIpc) is 2.34. The number of hydrogen-bond acceptors (Lipinski definition) is 2.